The molecule has 0 aromatic heterocycles. The summed E-state index contributed by atoms with van der Waals surface area (Å²) >= 11 is 1.79. The predicted molar refractivity (Wildman–Crippen MR) is 110 cm³/mol. The molecule has 0 bridgehead atoms. The minimum atomic E-state index is -0.743. The van der Waals surface area contributed by atoms with Crippen LogP contribution in [0, 0.1) is 0 Å². The second kappa shape index (κ2) is 9.93. The van der Waals surface area contributed by atoms with Gasteiger partial charge in [0.05, 0.1) is 6.54 Å². The molecule has 2 aromatic carbocycles. The maximum Gasteiger partial charge on any atom is 0.317 e. The van der Waals surface area contributed by atoms with Crippen LogP contribution in [0.3, 0.4) is 0 Å². The summed E-state index contributed by atoms with van der Waals surface area (Å²) in [6.45, 7) is 3.20. The van der Waals surface area contributed by atoms with Crippen molar-refractivity contribution in [2.24, 2.45) is 0 Å². The summed E-state index contributed by atoms with van der Waals surface area (Å²) < 4.78 is 0. The molecule has 4 nitrogen and oxygen atoms in total. The monoisotopic (exact) mass is 384 g/mol. The lowest BCUT2D eigenvalue weighted by Crippen LogP contribution is -2.36. The number of likely N-dealkylation sites (N-methyl/N-ethyl adjacent to an activating group) is 1. The quantitative estimate of drug-likeness (QED) is 0.775. The number of aliphatic carboxylic acids is 1. The molecule has 1 aliphatic rings. The number of hydrogen-bond acceptors (Lipinski definition) is 4. The van der Waals surface area contributed by atoms with E-state index in [1.807, 2.05) is 18.0 Å². The van der Waals surface area contributed by atoms with Crippen molar-refractivity contribution in [2.75, 3.05) is 26.7 Å². The van der Waals surface area contributed by atoms with E-state index in [4.69, 9.17) is 5.11 Å². The van der Waals surface area contributed by atoms with Crippen LogP contribution in [-0.2, 0) is 11.3 Å². The fraction of sp³-hybridized carbons (Fsp3) is 0.409. The van der Waals surface area contributed by atoms with Gasteiger partial charge in [0.15, 0.2) is 0 Å². The van der Waals surface area contributed by atoms with Gasteiger partial charge >= 0.3 is 5.97 Å². The van der Waals surface area contributed by atoms with Crippen LogP contribution in [-0.4, -0.2) is 53.6 Å². The van der Waals surface area contributed by atoms with Crippen molar-refractivity contribution in [2.45, 2.75) is 41.6 Å². The average molecular weight is 385 g/mol. The minimum Gasteiger partial charge on any atom is -0.480 e. The van der Waals surface area contributed by atoms with E-state index in [9.17, 15) is 4.79 Å². The number of rotatable bonds is 7. The fourth-order valence-electron chi connectivity index (χ4n) is 3.63. The topological polar surface area (TPSA) is 43.8 Å². The number of carboxylic acids is 1. The fourth-order valence-corrected chi connectivity index (χ4v) is 4.46. The maximum atomic E-state index is 10.9. The Morgan fingerprint density at radius 2 is 1.78 bits per heavy atom. The number of nitrogens with zero attached hydrogens (tertiary/aromatic N) is 2. The van der Waals surface area contributed by atoms with Gasteiger partial charge in [0, 0.05) is 22.4 Å². The van der Waals surface area contributed by atoms with E-state index >= 15 is 0 Å². The van der Waals surface area contributed by atoms with Crippen molar-refractivity contribution in [3.8, 4) is 0 Å². The summed E-state index contributed by atoms with van der Waals surface area (Å²) in [5, 5.41) is 8.99. The Labute approximate surface area is 166 Å². The van der Waals surface area contributed by atoms with E-state index in [2.05, 4.69) is 53.4 Å². The van der Waals surface area contributed by atoms with Crippen molar-refractivity contribution in [3.63, 3.8) is 0 Å². The maximum absolute atomic E-state index is 10.9. The molecule has 0 radical (unpaired) electrons. The molecule has 1 aliphatic heterocycles. The van der Waals surface area contributed by atoms with Crippen molar-refractivity contribution in [1.29, 1.82) is 0 Å². The molecule has 5 heteroatoms. The lowest BCUT2D eigenvalue weighted by atomic mass is 10.1. The molecular formula is C22H28N2O2S. The molecule has 2 aromatic rings. The van der Waals surface area contributed by atoms with Crippen LogP contribution >= 0.6 is 11.8 Å². The van der Waals surface area contributed by atoms with Gasteiger partial charge < -0.3 is 5.11 Å². The Bertz CT molecular complexity index is 721. The number of carbonyl (C=O) groups is 1. The van der Waals surface area contributed by atoms with Crippen molar-refractivity contribution < 1.29 is 9.90 Å². The third-order valence-corrected chi connectivity index (χ3v) is 6.12. The largest absolute Gasteiger partial charge is 0.480 e. The summed E-state index contributed by atoms with van der Waals surface area (Å²) in [7, 11) is 1.93. The van der Waals surface area contributed by atoms with Crippen LogP contribution < -0.4 is 0 Å². The Hall–Kier alpha value is -1.82. The van der Waals surface area contributed by atoms with Crippen molar-refractivity contribution in [1.82, 2.24) is 9.80 Å². The van der Waals surface area contributed by atoms with E-state index in [-0.39, 0.29) is 6.54 Å². The Morgan fingerprint density at radius 1 is 1.07 bits per heavy atom. The number of hydrogen-bond donors (Lipinski definition) is 1. The molecule has 0 amide bonds. The Kier molecular flexibility index (Phi) is 7.33. The molecule has 144 valence electrons. The Balaban J connectivity index is 1.51. The van der Waals surface area contributed by atoms with Crippen LogP contribution in [0.25, 0.3) is 0 Å². The molecule has 1 saturated heterocycles. The lowest BCUT2D eigenvalue weighted by Gasteiger charge is -2.25. The van der Waals surface area contributed by atoms with Crippen LogP contribution in [0.1, 0.15) is 24.8 Å². The zero-order valence-electron chi connectivity index (χ0n) is 15.9. The SMILES string of the molecule is CN(CC(=O)O)C1CCCN(Cc2ccc(Sc3ccccc3)cc2)CC1. The first-order chi connectivity index (χ1) is 13.1. The van der Waals surface area contributed by atoms with Gasteiger partial charge in [0.25, 0.3) is 0 Å². The minimum absolute atomic E-state index is 0.130. The highest BCUT2D eigenvalue weighted by atomic mass is 32.2. The van der Waals surface area contributed by atoms with Crippen LogP contribution in [0.5, 0.6) is 0 Å². The second-order valence-corrected chi connectivity index (χ2v) is 8.38. The average Bonchev–Trinajstić information content (AvgIpc) is 2.89. The highest BCUT2D eigenvalue weighted by molar-refractivity contribution is 7.99. The van der Waals surface area contributed by atoms with Gasteiger partial charge in [-0.1, -0.05) is 42.1 Å². The van der Waals surface area contributed by atoms with Gasteiger partial charge in [-0.15, -0.1) is 0 Å². The normalized spacial score (nSPS) is 18.4. The second-order valence-electron chi connectivity index (χ2n) is 7.23. The molecule has 1 atom stereocenters. The van der Waals surface area contributed by atoms with E-state index < -0.39 is 5.97 Å². The first kappa shape index (κ1) is 19.9. The number of carboxylic acid groups (broad SMARTS) is 1. The molecule has 0 aliphatic carbocycles. The van der Waals surface area contributed by atoms with E-state index in [1.54, 1.807) is 11.8 Å². The summed E-state index contributed by atoms with van der Waals surface area (Å²) in [5.74, 6) is -0.743. The van der Waals surface area contributed by atoms with Gasteiger partial charge in [-0.2, -0.15) is 0 Å². The molecule has 1 heterocycles. The Morgan fingerprint density at radius 3 is 2.48 bits per heavy atom. The van der Waals surface area contributed by atoms with Crippen LogP contribution in [0.15, 0.2) is 64.4 Å². The first-order valence-electron chi connectivity index (χ1n) is 9.56. The summed E-state index contributed by atoms with van der Waals surface area (Å²) in [4.78, 5) is 17.9. The van der Waals surface area contributed by atoms with E-state index in [1.165, 1.54) is 15.4 Å². The molecule has 0 spiro atoms. The first-order valence-corrected chi connectivity index (χ1v) is 10.4. The zero-order valence-corrected chi connectivity index (χ0v) is 16.7. The van der Waals surface area contributed by atoms with Crippen molar-refractivity contribution >= 4 is 17.7 Å². The molecule has 0 saturated carbocycles. The van der Waals surface area contributed by atoms with Gasteiger partial charge in [-0.25, -0.2) is 0 Å². The predicted octanol–water partition coefficient (Wildman–Crippen LogP) is 4.21. The van der Waals surface area contributed by atoms with Crippen molar-refractivity contribution in [3.05, 3.63) is 60.2 Å². The number of likely N-dealkylation sites (tertiary alicyclic amines) is 1. The lowest BCUT2D eigenvalue weighted by molar-refractivity contribution is -0.138. The molecule has 1 N–H and O–H groups in total. The molecular weight excluding hydrogens is 356 g/mol. The summed E-state index contributed by atoms with van der Waals surface area (Å²) in [6, 6.07) is 19.7. The molecule has 1 unspecified atom stereocenters. The third kappa shape index (κ3) is 6.38. The summed E-state index contributed by atoms with van der Waals surface area (Å²) in [5.41, 5.74) is 1.34. The van der Waals surface area contributed by atoms with Gasteiger partial charge in [0.2, 0.25) is 0 Å². The highest BCUT2D eigenvalue weighted by Gasteiger charge is 2.21. The smallest absolute Gasteiger partial charge is 0.317 e. The molecule has 27 heavy (non-hydrogen) atoms. The zero-order chi connectivity index (χ0) is 19.1. The van der Waals surface area contributed by atoms with Gasteiger partial charge in [0.1, 0.15) is 0 Å². The highest BCUT2D eigenvalue weighted by Crippen LogP contribution is 2.27. The van der Waals surface area contributed by atoms with Gasteiger partial charge in [-0.3, -0.25) is 14.6 Å². The van der Waals surface area contributed by atoms with Gasteiger partial charge in [-0.05, 0) is 69.2 Å². The van der Waals surface area contributed by atoms with Crippen LogP contribution in [0.4, 0.5) is 0 Å². The van der Waals surface area contributed by atoms with Crippen LogP contribution in [0.2, 0.25) is 0 Å². The number of benzene rings is 2. The molecule has 3 rings (SSSR count). The van der Waals surface area contributed by atoms with E-state index in [0.717, 1.165) is 38.9 Å². The summed E-state index contributed by atoms with van der Waals surface area (Å²) in [6.07, 6.45) is 3.23. The van der Waals surface area contributed by atoms with E-state index in [0.29, 0.717) is 6.04 Å². The third-order valence-electron chi connectivity index (χ3n) is 5.11. The standard InChI is InChI=1S/C22H28N2O2S/c1-23(17-22(25)26)19-6-5-14-24(15-13-19)16-18-9-11-21(12-10-18)27-20-7-3-2-4-8-20/h2-4,7-12,19H,5-6,13-17H2,1H3,(H,25,26). The molecule has 1 fully saturated rings.